The van der Waals surface area contributed by atoms with Crippen LogP contribution in [0.5, 0.6) is 0 Å². The monoisotopic (exact) mass is 409 g/mol. The highest BCUT2D eigenvalue weighted by molar-refractivity contribution is 8.01. The lowest BCUT2D eigenvalue weighted by Crippen LogP contribution is -2.35. The van der Waals surface area contributed by atoms with E-state index in [-0.39, 0.29) is 17.3 Å². The third-order valence-electron chi connectivity index (χ3n) is 3.54. The van der Waals surface area contributed by atoms with E-state index in [1.165, 1.54) is 23.5 Å². The van der Waals surface area contributed by atoms with E-state index in [0.29, 0.717) is 9.24 Å². The quantitative estimate of drug-likeness (QED) is 0.403. The Kier molecular flexibility index (Phi) is 7.31. The molecule has 0 saturated carbocycles. The van der Waals surface area contributed by atoms with Crippen LogP contribution in [0.25, 0.3) is 0 Å². The Morgan fingerprint density at radius 3 is 2.78 bits per heavy atom. The number of carbonyl (C=O) groups excluding carboxylic acids is 2. The van der Waals surface area contributed by atoms with Gasteiger partial charge in [-0.15, -0.1) is 11.3 Å². The van der Waals surface area contributed by atoms with E-state index >= 15 is 0 Å². The summed E-state index contributed by atoms with van der Waals surface area (Å²) in [6.45, 7) is 5.16. The van der Waals surface area contributed by atoms with Crippen molar-refractivity contribution in [3.63, 3.8) is 0 Å². The largest absolute Gasteiger partial charge is 0.452 e. The van der Waals surface area contributed by atoms with Crippen LogP contribution in [0.4, 0.5) is 5.69 Å². The first kappa shape index (κ1) is 20.8. The third kappa shape index (κ3) is 6.04. The highest BCUT2D eigenvalue weighted by Crippen LogP contribution is 2.36. The summed E-state index contributed by atoms with van der Waals surface area (Å²) in [4.78, 5) is 39.2. The molecule has 27 heavy (non-hydrogen) atoms. The van der Waals surface area contributed by atoms with Gasteiger partial charge in [0.25, 0.3) is 11.6 Å². The number of rotatable bonds is 8. The van der Waals surface area contributed by atoms with Gasteiger partial charge in [0.05, 0.1) is 15.4 Å². The van der Waals surface area contributed by atoms with Crippen LogP contribution in [-0.2, 0) is 9.53 Å². The van der Waals surface area contributed by atoms with Crippen molar-refractivity contribution in [2.75, 3.05) is 6.61 Å². The van der Waals surface area contributed by atoms with Gasteiger partial charge in [0, 0.05) is 23.2 Å². The van der Waals surface area contributed by atoms with Gasteiger partial charge in [-0.1, -0.05) is 18.7 Å². The van der Waals surface area contributed by atoms with Crippen molar-refractivity contribution in [3.05, 3.63) is 45.0 Å². The minimum atomic E-state index is -0.793. The molecule has 144 valence electrons. The fourth-order valence-corrected chi connectivity index (χ4v) is 3.86. The number of nitro benzene ring substituents is 1. The van der Waals surface area contributed by atoms with E-state index in [1.807, 2.05) is 26.2 Å². The van der Waals surface area contributed by atoms with Gasteiger partial charge in [-0.25, -0.2) is 9.78 Å². The number of amides is 1. The van der Waals surface area contributed by atoms with Gasteiger partial charge in [0.1, 0.15) is 0 Å². The number of ether oxygens (including phenoxy) is 1. The van der Waals surface area contributed by atoms with Crippen molar-refractivity contribution >= 4 is 40.7 Å². The average molecular weight is 409 g/mol. The number of thiazole rings is 1. The maximum atomic E-state index is 12.1. The first-order chi connectivity index (χ1) is 12.8. The highest BCUT2D eigenvalue weighted by Gasteiger charge is 2.20. The van der Waals surface area contributed by atoms with Crippen LogP contribution in [0.15, 0.2) is 32.8 Å². The third-order valence-corrected chi connectivity index (χ3v) is 5.66. The molecule has 0 saturated heterocycles. The van der Waals surface area contributed by atoms with Gasteiger partial charge in [0.2, 0.25) is 0 Å². The van der Waals surface area contributed by atoms with Gasteiger partial charge >= 0.3 is 5.97 Å². The summed E-state index contributed by atoms with van der Waals surface area (Å²) in [6, 6.07) is 4.04. The molecule has 0 bridgehead atoms. The Bertz CT molecular complexity index is 853. The van der Waals surface area contributed by atoms with Crippen LogP contribution in [0.3, 0.4) is 0 Å². The summed E-state index contributed by atoms with van der Waals surface area (Å²) >= 11 is 2.55. The number of esters is 1. The van der Waals surface area contributed by atoms with Gasteiger partial charge in [0.15, 0.2) is 10.9 Å². The van der Waals surface area contributed by atoms with Gasteiger partial charge in [-0.3, -0.25) is 14.9 Å². The first-order valence-corrected chi connectivity index (χ1v) is 9.84. The molecular weight excluding hydrogens is 390 g/mol. The molecule has 8 nitrogen and oxygen atoms in total. The molecule has 0 unspecified atom stereocenters. The normalized spacial score (nSPS) is 11.7. The molecule has 1 aromatic carbocycles. The Balaban J connectivity index is 2.09. The van der Waals surface area contributed by atoms with E-state index in [1.54, 1.807) is 0 Å². The van der Waals surface area contributed by atoms with Crippen molar-refractivity contribution in [2.24, 2.45) is 0 Å². The number of hydrogen-bond acceptors (Lipinski definition) is 8. The van der Waals surface area contributed by atoms with Crippen LogP contribution < -0.4 is 5.32 Å². The number of aromatic nitrogens is 1. The summed E-state index contributed by atoms with van der Waals surface area (Å²) in [7, 11) is 0. The van der Waals surface area contributed by atoms with E-state index in [9.17, 15) is 19.7 Å². The summed E-state index contributed by atoms with van der Waals surface area (Å²) in [6.07, 6.45) is 0.754. The molecule has 1 heterocycles. The molecule has 2 aromatic rings. The fourth-order valence-electron chi connectivity index (χ4n) is 1.98. The Morgan fingerprint density at radius 1 is 1.44 bits per heavy atom. The second-order valence-electron chi connectivity index (χ2n) is 5.75. The maximum absolute atomic E-state index is 12.1. The predicted molar refractivity (Wildman–Crippen MR) is 102 cm³/mol. The number of nitro groups is 1. The zero-order valence-electron chi connectivity index (χ0n) is 15.1. The van der Waals surface area contributed by atoms with Crippen LogP contribution in [0.1, 0.15) is 36.3 Å². The number of nitrogens with one attached hydrogen (secondary N) is 1. The van der Waals surface area contributed by atoms with E-state index in [4.69, 9.17) is 4.74 Å². The minimum absolute atomic E-state index is 0.0118. The zero-order valence-corrected chi connectivity index (χ0v) is 16.7. The van der Waals surface area contributed by atoms with E-state index < -0.39 is 23.4 Å². The molecule has 0 radical (unpaired) electrons. The number of aryl methyl sites for hydroxylation is 1. The molecule has 10 heteroatoms. The molecule has 0 fully saturated rings. The van der Waals surface area contributed by atoms with Crippen molar-refractivity contribution in [1.82, 2.24) is 10.3 Å². The minimum Gasteiger partial charge on any atom is -0.452 e. The lowest BCUT2D eigenvalue weighted by Gasteiger charge is -2.11. The average Bonchev–Trinajstić information content (AvgIpc) is 3.04. The topological polar surface area (TPSA) is 111 Å². The summed E-state index contributed by atoms with van der Waals surface area (Å²) in [5, 5.41) is 15.9. The summed E-state index contributed by atoms with van der Waals surface area (Å²) in [5.41, 5.74) is 0.630. The van der Waals surface area contributed by atoms with Gasteiger partial charge < -0.3 is 10.1 Å². The summed E-state index contributed by atoms with van der Waals surface area (Å²) < 4.78 is 5.61. The van der Waals surface area contributed by atoms with Crippen LogP contribution in [-0.4, -0.2) is 34.4 Å². The lowest BCUT2D eigenvalue weighted by molar-refractivity contribution is -0.387. The maximum Gasteiger partial charge on any atom is 0.338 e. The highest BCUT2D eigenvalue weighted by atomic mass is 32.2. The molecule has 1 N–H and O–H groups in total. The lowest BCUT2D eigenvalue weighted by atomic mass is 10.2. The van der Waals surface area contributed by atoms with Crippen molar-refractivity contribution < 1.29 is 19.2 Å². The second-order valence-corrected chi connectivity index (χ2v) is 7.90. The number of hydrogen-bond donors (Lipinski definition) is 1. The van der Waals surface area contributed by atoms with Crippen LogP contribution in [0.2, 0.25) is 0 Å². The van der Waals surface area contributed by atoms with Gasteiger partial charge in [-0.2, -0.15) is 0 Å². The first-order valence-electron chi connectivity index (χ1n) is 8.15. The number of nitrogens with zero attached hydrogens (tertiary/aromatic N) is 2. The second kappa shape index (κ2) is 9.47. The molecule has 0 aliphatic heterocycles. The Morgan fingerprint density at radius 2 is 2.19 bits per heavy atom. The van der Waals surface area contributed by atoms with Crippen molar-refractivity contribution in [2.45, 2.75) is 42.5 Å². The van der Waals surface area contributed by atoms with E-state index in [0.717, 1.165) is 29.9 Å². The molecule has 0 aliphatic carbocycles. The van der Waals surface area contributed by atoms with Crippen molar-refractivity contribution in [3.8, 4) is 0 Å². The smallest absolute Gasteiger partial charge is 0.338 e. The Hall–Kier alpha value is -2.46. The zero-order chi connectivity index (χ0) is 20.0. The molecular formula is C17H19N3O5S2. The number of carbonyl (C=O) groups is 2. The molecule has 0 spiro atoms. The van der Waals surface area contributed by atoms with Crippen LogP contribution in [0, 0.1) is 17.0 Å². The van der Waals surface area contributed by atoms with Crippen molar-refractivity contribution in [1.29, 1.82) is 0 Å². The SMILES string of the molecule is CC[C@H](C)NC(=O)COC(=O)c1ccc(Sc2nc(C)cs2)c([N+](=O)[O-])c1. The molecule has 1 atom stereocenters. The molecule has 1 amide bonds. The summed E-state index contributed by atoms with van der Waals surface area (Å²) in [5.74, 6) is -1.21. The predicted octanol–water partition coefficient (Wildman–Crippen LogP) is 3.58. The standard InChI is InChI=1S/C17H19N3O5S2/c1-4-10(2)18-15(21)8-25-16(22)12-5-6-14(13(7-12)20(23)24)27-17-19-11(3)9-26-17/h5-7,9-10H,4,8H2,1-3H3,(H,18,21)/t10-/m0/s1. The van der Waals surface area contributed by atoms with Gasteiger partial charge in [-0.05, 0) is 32.4 Å². The van der Waals surface area contributed by atoms with Crippen LogP contribution >= 0.6 is 23.1 Å². The molecule has 1 aromatic heterocycles. The van der Waals surface area contributed by atoms with E-state index in [2.05, 4.69) is 10.3 Å². The fraction of sp³-hybridized carbons (Fsp3) is 0.353. The number of benzene rings is 1. The molecule has 2 rings (SSSR count). The molecule has 0 aliphatic rings. The Labute approximate surface area is 164 Å².